The summed E-state index contributed by atoms with van der Waals surface area (Å²) in [7, 11) is 0. The van der Waals surface area contributed by atoms with Gasteiger partial charge in [-0.25, -0.2) is 4.98 Å². The molecule has 1 saturated carbocycles. The van der Waals surface area contributed by atoms with E-state index in [1.165, 1.54) is 149 Å². The van der Waals surface area contributed by atoms with Crippen molar-refractivity contribution >= 4 is 21.6 Å². The molecule has 2 aliphatic rings. The average Bonchev–Trinajstić information content (AvgIpc) is 3.24. The first-order valence-electron chi connectivity index (χ1n) is 15.1. The van der Waals surface area contributed by atoms with Crippen LogP contribution in [-0.2, 0) is 12.8 Å². The lowest BCUT2D eigenvalue weighted by Gasteiger charge is -2.16. The molecule has 2 aliphatic carbocycles. The van der Waals surface area contributed by atoms with Crippen molar-refractivity contribution in [1.29, 1.82) is 0 Å². The summed E-state index contributed by atoms with van der Waals surface area (Å²) in [6.45, 7) is 0. The largest absolute Gasteiger partial charge is 0.241 e. The number of rotatable bonds is 4. The monoisotopic (exact) mass is 491 g/mol. The number of hydrogen-bond acceptors (Lipinski definition) is 2. The Bertz CT molecular complexity index is 908. The Morgan fingerprint density at radius 3 is 2.20 bits per heavy atom. The summed E-state index contributed by atoms with van der Waals surface area (Å²) in [5.41, 5.74) is 4.34. The molecule has 4 rings (SSSR count). The third-order valence-electron chi connectivity index (χ3n) is 8.17. The van der Waals surface area contributed by atoms with E-state index in [0.717, 1.165) is 12.3 Å². The predicted molar refractivity (Wildman–Crippen MR) is 155 cm³/mol. The topological polar surface area (TPSA) is 12.9 Å². The van der Waals surface area contributed by atoms with Crippen molar-refractivity contribution in [2.75, 3.05) is 0 Å². The van der Waals surface area contributed by atoms with Crippen LogP contribution >= 0.6 is 11.3 Å². The van der Waals surface area contributed by atoms with Gasteiger partial charge in [0, 0.05) is 6.42 Å². The van der Waals surface area contributed by atoms with Crippen molar-refractivity contribution < 1.29 is 0 Å². The van der Waals surface area contributed by atoms with Gasteiger partial charge >= 0.3 is 0 Å². The molecule has 0 atom stereocenters. The first-order chi connectivity index (χ1) is 17.4. The second-order valence-corrected chi connectivity index (χ2v) is 12.4. The van der Waals surface area contributed by atoms with E-state index in [-0.39, 0.29) is 0 Å². The molecule has 2 heteroatoms. The number of allylic oxidation sites excluding steroid dienone is 4. The molecule has 0 unspecified atom stereocenters. The maximum atomic E-state index is 5.16. The van der Waals surface area contributed by atoms with Crippen molar-refractivity contribution in [3.05, 3.63) is 52.6 Å². The lowest BCUT2D eigenvalue weighted by Crippen LogP contribution is -2.05. The number of thiazole rings is 1. The van der Waals surface area contributed by atoms with Gasteiger partial charge in [-0.2, -0.15) is 0 Å². The summed E-state index contributed by atoms with van der Waals surface area (Å²) in [6, 6.07) is 7.12. The fourth-order valence-electron chi connectivity index (χ4n) is 6.03. The van der Waals surface area contributed by atoms with Crippen LogP contribution in [0.3, 0.4) is 0 Å². The zero-order valence-corrected chi connectivity index (χ0v) is 23.1. The Morgan fingerprint density at radius 1 is 0.714 bits per heavy atom. The number of benzene rings is 1. The highest BCUT2D eigenvalue weighted by Crippen LogP contribution is 2.30. The van der Waals surface area contributed by atoms with Crippen molar-refractivity contribution in [1.82, 2.24) is 4.98 Å². The van der Waals surface area contributed by atoms with Gasteiger partial charge in [0.15, 0.2) is 0 Å². The van der Waals surface area contributed by atoms with Crippen LogP contribution in [0.5, 0.6) is 0 Å². The molecular weight excluding hydrogens is 442 g/mol. The van der Waals surface area contributed by atoms with E-state index in [2.05, 4.69) is 36.4 Å². The first-order valence-corrected chi connectivity index (χ1v) is 15.9. The molecule has 1 aromatic heterocycles. The van der Waals surface area contributed by atoms with Crippen molar-refractivity contribution in [3.8, 4) is 0 Å². The maximum absolute atomic E-state index is 5.16. The molecule has 0 N–H and O–H groups in total. The number of aromatic nitrogens is 1. The molecule has 0 saturated heterocycles. The van der Waals surface area contributed by atoms with Crippen LogP contribution in [0.15, 0.2) is 42.0 Å². The van der Waals surface area contributed by atoms with E-state index in [4.69, 9.17) is 4.98 Å². The summed E-state index contributed by atoms with van der Waals surface area (Å²) in [4.78, 5) is 5.16. The molecule has 192 valence electrons. The van der Waals surface area contributed by atoms with Crippen molar-refractivity contribution in [2.45, 2.75) is 135 Å². The van der Waals surface area contributed by atoms with E-state index in [1.54, 1.807) is 5.57 Å². The van der Waals surface area contributed by atoms with Gasteiger partial charge in [0.2, 0.25) is 0 Å². The van der Waals surface area contributed by atoms with Crippen LogP contribution in [0.1, 0.15) is 133 Å². The molecule has 0 bridgehead atoms. The molecule has 1 fully saturated rings. The Morgan fingerprint density at radius 2 is 1.40 bits per heavy atom. The Balaban J connectivity index is 1.37. The van der Waals surface area contributed by atoms with Crippen LogP contribution in [0.2, 0.25) is 0 Å². The normalized spacial score (nSPS) is 23.3. The molecule has 2 aromatic rings. The van der Waals surface area contributed by atoms with Crippen LogP contribution in [0, 0.1) is 5.92 Å². The quantitative estimate of drug-likeness (QED) is 0.387. The Kier molecular flexibility index (Phi) is 11.9. The lowest BCUT2D eigenvalue weighted by molar-refractivity contribution is 0.392. The van der Waals surface area contributed by atoms with Crippen LogP contribution < -0.4 is 0 Å². The minimum atomic E-state index is 0.838. The van der Waals surface area contributed by atoms with Gasteiger partial charge in [-0.1, -0.05) is 113 Å². The van der Waals surface area contributed by atoms with Gasteiger partial charge in [0.1, 0.15) is 0 Å². The minimum absolute atomic E-state index is 0.838. The Labute approximate surface area is 219 Å². The highest BCUT2D eigenvalue weighted by Gasteiger charge is 2.14. The average molecular weight is 492 g/mol. The molecule has 1 aromatic carbocycles. The number of fused-ring (bicyclic) bond motifs is 1. The summed E-state index contributed by atoms with van der Waals surface area (Å²) < 4.78 is 1.38. The smallest absolute Gasteiger partial charge is 0.0941 e. The third kappa shape index (κ3) is 9.87. The molecule has 0 spiro atoms. The summed E-state index contributed by atoms with van der Waals surface area (Å²) in [5, 5.41) is 1.38. The van der Waals surface area contributed by atoms with Gasteiger partial charge in [-0.3, -0.25) is 0 Å². The second kappa shape index (κ2) is 15.6. The van der Waals surface area contributed by atoms with Gasteiger partial charge in [-0.05, 0) is 68.6 Å². The van der Waals surface area contributed by atoms with Gasteiger partial charge in [0.05, 0.1) is 15.2 Å². The predicted octanol–water partition coefficient (Wildman–Crippen LogP) is 10.9. The summed E-state index contributed by atoms with van der Waals surface area (Å²) in [5.74, 6) is 0.838. The Hall–Kier alpha value is -1.41. The number of nitrogens with zero attached hydrogens (tertiary/aromatic N) is 1. The molecule has 0 aliphatic heterocycles. The summed E-state index contributed by atoms with van der Waals surface area (Å²) >= 11 is 1.96. The molecule has 1 nitrogen and oxygen atoms in total. The van der Waals surface area contributed by atoms with E-state index >= 15 is 0 Å². The van der Waals surface area contributed by atoms with Crippen LogP contribution in [0.25, 0.3) is 10.2 Å². The van der Waals surface area contributed by atoms with Crippen molar-refractivity contribution in [2.24, 2.45) is 5.92 Å². The zero-order valence-electron chi connectivity index (χ0n) is 22.2. The molecule has 1 heterocycles. The van der Waals surface area contributed by atoms with E-state index in [9.17, 15) is 0 Å². The highest BCUT2D eigenvalue weighted by atomic mass is 32.1. The zero-order chi connectivity index (χ0) is 24.0. The third-order valence-corrected chi connectivity index (χ3v) is 9.23. The lowest BCUT2D eigenvalue weighted by atomic mass is 9.91. The van der Waals surface area contributed by atoms with Gasteiger partial charge in [0.25, 0.3) is 0 Å². The fraction of sp³-hybridized carbons (Fsp3) is 0.667. The molecular formula is C33H49NS. The minimum Gasteiger partial charge on any atom is -0.241 e. The molecule has 0 amide bonds. The summed E-state index contributed by atoms with van der Waals surface area (Å²) in [6.07, 6.45) is 35.8. The van der Waals surface area contributed by atoms with Crippen LogP contribution in [-0.4, -0.2) is 4.98 Å². The number of hydrogen-bond donors (Lipinski definition) is 0. The molecule has 0 radical (unpaired) electrons. The van der Waals surface area contributed by atoms with Crippen molar-refractivity contribution in [3.63, 3.8) is 0 Å². The van der Waals surface area contributed by atoms with E-state index in [1.807, 2.05) is 11.3 Å². The maximum Gasteiger partial charge on any atom is 0.0941 e. The highest BCUT2D eigenvalue weighted by molar-refractivity contribution is 7.18. The van der Waals surface area contributed by atoms with E-state index < -0.39 is 0 Å². The van der Waals surface area contributed by atoms with Gasteiger partial charge < -0.3 is 0 Å². The SMILES string of the molecule is C1=C\CCCCCC/C(Cc2ccc3sc(CC4CCCCCCCCCCC4)nc3c2)=C\CC/1. The molecule has 35 heavy (non-hydrogen) atoms. The van der Waals surface area contributed by atoms with Crippen LogP contribution in [0.4, 0.5) is 0 Å². The fourth-order valence-corrected chi connectivity index (χ4v) is 7.09. The van der Waals surface area contributed by atoms with E-state index in [0.29, 0.717) is 0 Å². The second-order valence-electron chi connectivity index (χ2n) is 11.3. The van der Waals surface area contributed by atoms with Gasteiger partial charge in [-0.15, -0.1) is 11.3 Å². The first kappa shape index (κ1) is 26.6. The standard InChI is InChI=1S/C33H49NS/c1-3-7-11-15-19-28(20-16-12-8-4-1)25-30-23-24-32-31(26-30)34-33(35-32)27-29-21-17-13-9-5-2-6-10-14-18-22-29/h3,7,19,23-24,26,29H,1-2,4-6,8-18,20-22,25,27H2/b7-3-,28-19+.